The summed E-state index contributed by atoms with van der Waals surface area (Å²) in [7, 11) is 0. The quantitative estimate of drug-likeness (QED) is 0.207. The number of imide groups is 1. The number of rotatable bonds is 3. The maximum absolute atomic E-state index is 14.1. The van der Waals surface area contributed by atoms with E-state index in [9.17, 15) is 19.7 Å². The Morgan fingerprint density at radius 2 is 1.24 bits per heavy atom. The molecule has 3 aliphatic carbocycles. The van der Waals surface area contributed by atoms with E-state index < -0.39 is 22.2 Å². The smallest absolute Gasteiger partial charge is 0.269 e. The lowest BCUT2D eigenvalue weighted by molar-refractivity contribution is -0.384. The Labute approximate surface area is 213 Å². The molecule has 1 aliphatic heterocycles. The highest BCUT2D eigenvalue weighted by molar-refractivity contribution is 6.23. The number of carbonyl (C=O) groups excluding carboxylic acids is 2. The molecule has 0 radical (unpaired) electrons. The van der Waals surface area contributed by atoms with E-state index in [1.807, 2.05) is 36.4 Å². The highest BCUT2D eigenvalue weighted by atomic mass is 16.6. The van der Waals surface area contributed by atoms with Crippen LogP contribution in [0.2, 0.25) is 0 Å². The molecule has 4 aromatic rings. The number of hydrogen-bond acceptors (Lipinski definition) is 4. The van der Waals surface area contributed by atoms with Gasteiger partial charge in [-0.2, -0.15) is 0 Å². The van der Waals surface area contributed by atoms with Gasteiger partial charge in [-0.05, 0) is 57.6 Å². The van der Waals surface area contributed by atoms with Crippen molar-refractivity contribution in [3.63, 3.8) is 0 Å². The van der Waals surface area contributed by atoms with Gasteiger partial charge in [0.1, 0.15) is 0 Å². The van der Waals surface area contributed by atoms with Crippen molar-refractivity contribution in [3.05, 3.63) is 129 Å². The minimum absolute atomic E-state index is 0.0290. The summed E-state index contributed by atoms with van der Waals surface area (Å²) in [4.78, 5) is 40.0. The van der Waals surface area contributed by atoms with Gasteiger partial charge < -0.3 is 0 Å². The molecule has 37 heavy (non-hydrogen) atoms. The molecule has 0 aromatic heterocycles. The van der Waals surface area contributed by atoms with Gasteiger partial charge in [0.2, 0.25) is 11.8 Å². The molecule has 1 fully saturated rings. The van der Waals surface area contributed by atoms with Crippen molar-refractivity contribution in [2.45, 2.75) is 18.3 Å². The molecule has 2 atom stereocenters. The van der Waals surface area contributed by atoms with Gasteiger partial charge in [0.05, 0.1) is 22.4 Å². The number of nitro benzene ring substituents is 1. The first kappa shape index (κ1) is 21.7. The molecule has 6 heteroatoms. The standard InChI is InChI=1S/C31H22N2O4/c1-31-24-8-4-2-6-22(24)26(23-7-3-5-9-25(23)31)27-28(31)30(35)32(29(27)34)20-14-10-18(11-15-20)19-12-16-21(17-13-19)33(36)37/h2-17,26-28H,1H3/t26?,27-,28+,31?/m0/s1. The normalized spacial score (nSPS) is 25.0. The van der Waals surface area contributed by atoms with E-state index in [-0.39, 0.29) is 23.4 Å². The molecule has 0 spiro atoms. The third-order valence-corrected chi connectivity index (χ3v) is 8.58. The maximum atomic E-state index is 14.1. The molecule has 8 rings (SSSR count). The van der Waals surface area contributed by atoms with Gasteiger partial charge in [-0.3, -0.25) is 19.7 Å². The van der Waals surface area contributed by atoms with Crippen molar-refractivity contribution >= 4 is 23.2 Å². The van der Waals surface area contributed by atoms with Crippen molar-refractivity contribution in [1.82, 2.24) is 0 Å². The summed E-state index contributed by atoms with van der Waals surface area (Å²) >= 11 is 0. The molecule has 180 valence electrons. The summed E-state index contributed by atoms with van der Waals surface area (Å²) in [6, 6.07) is 30.0. The SMILES string of the molecule is CC12c3ccccc3C(c3ccccc31)[C@@H]1C(=O)N(c3ccc(-c4ccc([N+](=O)[O-])cc4)cc3)C(=O)[C@@H]12. The van der Waals surface area contributed by atoms with E-state index in [1.165, 1.54) is 17.0 Å². The van der Waals surface area contributed by atoms with E-state index >= 15 is 0 Å². The Hall–Kier alpha value is -4.58. The number of nitro groups is 1. The van der Waals surface area contributed by atoms with Gasteiger partial charge in [-0.25, -0.2) is 4.90 Å². The largest absolute Gasteiger partial charge is 0.274 e. The van der Waals surface area contributed by atoms with E-state index in [4.69, 9.17) is 0 Å². The molecule has 2 bridgehead atoms. The third kappa shape index (κ3) is 2.75. The van der Waals surface area contributed by atoms with E-state index in [1.54, 1.807) is 24.3 Å². The van der Waals surface area contributed by atoms with Gasteiger partial charge in [0.15, 0.2) is 0 Å². The fourth-order valence-electron chi connectivity index (χ4n) is 6.98. The van der Waals surface area contributed by atoms with Crippen LogP contribution in [0.15, 0.2) is 97.1 Å². The van der Waals surface area contributed by atoms with Crippen LogP contribution in [-0.4, -0.2) is 16.7 Å². The molecule has 4 aliphatic rings. The Morgan fingerprint density at radius 1 is 0.730 bits per heavy atom. The second-order valence-electron chi connectivity index (χ2n) is 10.2. The minimum Gasteiger partial charge on any atom is -0.274 e. The monoisotopic (exact) mass is 486 g/mol. The van der Waals surface area contributed by atoms with E-state index in [2.05, 4.69) is 31.2 Å². The summed E-state index contributed by atoms with van der Waals surface area (Å²) < 4.78 is 0. The number of carbonyl (C=O) groups is 2. The summed E-state index contributed by atoms with van der Waals surface area (Å²) in [5, 5.41) is 11.0. The van der Waals surface area contributed by atoms with Gasteiger partial charge >= 0.3 is 0 Å². The fourth-order valence-corrected chi connectivity index (χ4v) is 6.98. The minimum atomic E-state index is -0.590. The molecule has 0 saturated carbocycles. The van der Waals surface area contributed by atoms with Crippen molar-refractivity contribution in [1.29, 1.82) is 0 Å². The number of benzene rings is 4. The van der Waals surface area contributed by atoms with Crippen LogP contribution in [0.25, 0.3) is 11.1 Å². The van der Waals surface area contributed by atoms with Crippen LogP contribution in [0.1, 0.15) is 35.1 Å². The Balaban J connectivity index is 1.30. The highest BCUT2D eigenvalue weighted by Crippen LogP contribution is 2.64. The summed E-state index contributed by atoms with van der Waals surface area (Å²) in [6.45, 7) is 2.12. The number of non-ortho nitro benzene ring substituents is 1. The molecule has 0 unspecified atom stereocenters. The van der Waals surface area contributed by atoms with Crippen LogP contribution in [-0.2, 0) is 15.0 Å². The first-order valence-electron chi connectivity index (χ1n) is 12.3. The molecular weight excluding hydrogens is 464 g/mol. The van der Waals surface area contributed by atoms with Crippen LogP contribution >= 0.6 is 0 Å². The van der Waals surface area contributed by atoms with Crippen molar-refractivity contribution in [2.24, 2.45) is 11.8 Å². The molecule has 6 nitrogen and oxygen atoms in total. The van der Waals surface area contributed by atoms with Gasteiger partial charge in [0.25, 0.3) is 5.69 Å². The zero-order valence-corrected chi connectivity index (χ0v) is 20.0. The lowest BCUT2D eigenvalue weighted by Crippen LogP contribution is -2.51. The second-order valence-corrected chi connectivity index (χ2v) is 10.2. The first-order valence-corrected chi connectivity index (χ1v) is 12.3. The zero-order chi connectivity index (χ0) is 25.5. The molecule has 4 aromatic carbocycles. The topological polar surface area (TPSA) is 80.5 Å². The van der Waals surface area contributed by atoms with E-state index in [0.717, 1.165) is 33.4 Å². The van der Waals surface area contributed by atoms with Crippen molar-refractivity contribution < 1.29 is 14.5 Å². The van der Waals surface area contributed by atoms with E-state index in [0.29, 0.717) is 5.69 Å². The van der Waals surface area contributed by atoms with Crippen LogP contribution < -0.4 is 4.90 Å². The zero-order valence-electron chi connectivity index (χ0n) is 20.0. The maximum Gasteiger partial charge on any atom is 0.269 e. The van der Waals surface area contributed by atoms with Crippen LogP contribution in [0, 0.1) is 22.0 Å². The molecular formula is C31H22N2O4. The molecule has 1 saturated heterocycles. The van der Waals surface area contributed by atoms with Crippen LogP contribution in [0.3, 0.4) is 0 Å². The van der Waals surface area contributed by atoms with Crippen molar-refractivity contribution in [3.8, 4) is 11.1 Å². The third-order valence-electron chi connectivity index (χ3n) is 8.58. The first-order chi connectivity index (χ1) is 17.9. The summed E-state index contributed by atoms with van der Waals surface area (Å²) in [5.74, 6) is -1.38. The number of nitrogens with zero attached hydrogens (tertiary/aromatic N) is 2. The molecule has 1 heterocycles. The van der Waals surface area contributed by atoms with Gasteiger partial charge in [0, 0.05) is 23.5 Å². The van der Waals surface area contributed by atoms with Gasteiger partial charge in [-0.1, -0.05) is 67.6 Å². The van der Waals surface area contributed by atoms with Crippen molar-refractivity contribution in [2.75, 3.05) is 4.90 Å². The molecule has 0 N–H and O–H groups in total. The van der Waals surface area contributed by atoms with Crippen LogP contribution in [0.4, 0.5) is 11.4 Å². The fraction of sp³-hybridized carbons (Fsp3) is 0.161. The Morgan fingerprint density at radius 3 is 1.78 bits per heavy atom. The summed E-state index contributed by atoms with van der Waals surface area (Å²) in [6.07, 6.45) is 0. The summed E-state index contributed by atoms with van der Waals surface area (Å²) in [5.41, 5.74) is 6.21. The average Bonchev–Trinajstić information content (AvgIpc) is 3.20. The predicted octanol–water partition coefficient (Wildman–Crippen LogP) is 5.83. The Bertz CT molecular complexity index is 1580. The number of anilines is 1. The predicted molar refractivity (Wildman–Crippen MR) is 139 cm³/mol. The Kier molecular flexibility index (Phi) is 4.37. The number of amides is 2. The lowest BCUT2D eigenvalue weighted by atomic mass is 9.48. The van der Waals surface area contributed by atoms with Gasteiger partial charge in [-0.15, -0.1) is 0 Å². The lowest BCUT2D eigenvalue weighted by Gasteiger charge is -2.52. The van der Waals surface area contributed by atoms with Crippen LogP contribution in [0.5, 0.6) is 0 Å². The second kappa shape index (κ2) is 7.46. The average molecular weight is 487 g/mol. The number of hydrogen-bond donors (Lipinski definition) is 0. The molecule has 2 amide bonds. The highest BCUT2D eigenvalue weighted by Gasteiger charge is 2.66.